The first-order valence-corrected chi connectivity index (χ1v) is 9.81. The Morgan fingerprint density at radius 2 is 2.17 bits per heavy atom. The molecule has 1 atom stereocenters. The molecule has 4 rings (SSSR count). The van der Waals surface area contributed by atoms with Crippen molar-refractivity contribution in [1.82, 2.24) is 24.2 Å². The first-order valence-electron chi connectivity index (χ1n) is 9.81. The van der Waals surface area contributed by atoms with Crippen LogP contribution in [0.1, 0.15) is 26.3 Å². The Balaban J connectivity index is 1.66. The molecule has 1 aliphatic rings. The average Bonchev–Trinajstić information content (AvgIpc) is 3.41. The van der Waals surface area contributed by atoms with Crippen molar-refractivity contribution in [2.24, 2.45) is 7.05 Å². The van der Waals surface area contributed by atoms with Gasteiger partial charge in [-0.05, 0) is 26.0 Å². The van der Waals surface area contributed by atoms with Crippen LogP contribution < -0.4 is 10.1 Å². The maximum Gasteiger partial charge on any atom is 0.246 e. The normalized spacial score (nSPS) is 16.6. The van der Waals surface area contributed by atoms with Crippen LogP contribution >= 0.6 is 0 Å². The molecule has 1 aliphatic heterocycles. The Hall–Kier alpha value is -3.29. The fourth-order valence-corrected chi connectivity index (χ4v) is 3.65. The highest BCUT2D eigenvalue weighted by Crippen LogP contribution is 2.32. The number of pyridine rings is 1. The molecular formula is C21H26N6O2. The molecule has 8 nitrogen and oxygen atoms in total. The highest BCUT2D eigenvalue weighted by molar-refractivity contribution is 5.88. The van der Waals surface area contributed by atoms with Crippen molar-refractivity contribution in [3.8, 4) is 5.88 Å². The number of nitrogens with zero attached hydrogens (tertiary/aromatic N) is 5. The predicted molar refractivity (Wildman–Crippen MR) is 112 cm³/mol. The van der Waals surface area contributed by atoms with Gasteiger partial charge in [-0.25, -0.2) is 0 Å². The molecule has 152 valence electrons. The predicted octanol–water partition coefficient (Wildman–Crippen LogP) is 3.26. The van der Waals surface area contributed by atoms with Gasteiger partial charge >= 0.3 is 0 Å². The van der Waals surface area contributed by atoms with Crippen molar-refractivity contribution in [1.29, 1.82) is 0 Å². The lowest BCUT2D eigenvalue weighted by Crippen LogP contribution is -2.29. The molecule has 0 aromatic carbocycles. The minimum Gasteiger partial charge on any atom is -0.472 e. The molecule has 1 N–H and O–H groups in total. The second-order valence-electron chi connectivity index (χ2n) is 7.58. The fraction of sp³-hybridized carbons (Fsp3) is 0.381. The first kappa shape index (κ1) is 19.0. The summed E-state index contributed by atoms with van der Waals surface area (Å²) in [6, 6.07) is 6.24. The van der Waals surface area contributed by atoms with Crippen molar-refractivity contribution in [2.75, 3.05) is 18.4 Å². The zero-order chi connectivity index (χ0) is 20.5. The number of ether oxygens (including phenoxy) is 1. The molecule has 1 saturated heterocycles. The van der Waals surface area contributed by atoms with E-state index in [1.807, 2.05) is 31.4 Å². The highest BCUT2D eigenvalue weighted by atomic mass is 16.5. The molecule has 29 heavy (non-hydrogen) atoms. The van der Waals surface area contributed by atoms with Crippen LogP contribution in [-0.4, -0.2) is 49.3 Å². The monoisotopic (exact) mass is 394 g/mol. The van der Waals surface area contributed by atoms with Crippen molar-refractivity contribution in [3.63, 3.8) is 0 Å². The Bertz CT molecular complexity index is 1050. The molecule has 4 heterocycles. The first-order chi connectivity index (χ1) is 13.9. The number of carbonyl (C=O) groups excluding carboxylic acids is 1. The topological polar surface area (TPSA) is 77.2 Å². The molecular weight excluding hydrogens is 368 g/mol. The lowest BCUT2D eigenvalue weighted by Gasteiger charge is -2.17. The van der Waals surface area contributed by atoms with Crippen LogP contribution in [0.5, 0.6) is 5.88 Å². The number of likely N-dealkylation sites (tertiary alicyclic amines) is 1. The molecule has 0 spiro atoms. The Kier molecular flexibility index (Phi) is 5.00. The number of fused-ring (bicyclic) bond motifs is 1. The van der Waals surface area contributed by atoms with Crippen molar-refractivity contribution < 1.29 is 9.53 Å². The number of hydrogen-bond donors (Lipinski definition) is 1. The van der Waals surface area contributed by atoms with E-state index in [0.29, 0.717) is 30.8 Å². The third-order valence-corrected chi connectivity index (χ3v) is 5.12. The van der Waals surface area contributed by atoms with Gasteiger partial charge in [0.25, 0.3) is 0 Å². The Morgan fingerprint density at radius 3 is 2.86 bits per heavy atom. The van der Waals surface area contributed by atoms with Gasteiger partial charge in [-0.1, -0.05) is 6.58 Å². The number of aromatic nitrogens is 4. The van der Waals surface area contributed by atoms with Gasteiger partial charge in [0.1, 0.15) is 11.9 Å². The standard InChI is InChI=1S/C21H26N6O2/c1-5-20(28)26-10-6-15(13-26)29-21-16-7-11-27(14(2)3)17(16)12-19(23-21)22-18-8-9-25(4)24-18/h5,7-9,11-12,14-15H,1,6,10,13H2,2-4H3,(H,22,23,24)/t15-/m0/s1. The van der Waals surface area contributed by atoms with Gasteiger partial charge in [-0.15, -0.1) is 0 Å². The van der Waals surface area contributed by atoms with Crippen molar-refractivity contribution >= 4 is 28.4 Å². The van der Waals surface area contributed by atoms with E-state index in [4.69, 9.17) is 9.72 Å². The number of rotatable bonds is 6. The van der Waals surface area contributed by atoms with Crippen LogP contribution in [0.3, 0.4) is 0 Å². The second kappa shape index (κ2) is 7.62. The van der Waals surface area contributed by atoms with E-state index in [9.17, 15) is 4.79 Å². The second-order valence-corrected chi connectivity index (χ2v) is 7.58. The number of aryl methyl sites for hydroxylation is 1. The molecule has 1 fully saturated rings. The van der Waals surface area contributed by atoms with Crippen molar-refractivity contribution in [3.05, 3.63) is 43.2 Å². The Labute approximate surface area is 169 Å². The molecule has 8 heteroatoms. The smallest absolute Gasteiger partial charge is 0.246 e. The van der Waals surface area contributed by atoms with Crippen LogP contribution in [0.25, 0.3) is 10.9 Å². The summed E-state index contributed by atoms with van der Waals surface area (Å²) in [6.45, 7) is 9.05. The summed E-state index contributed by atoms with van der Waals surface area (Å²) < 4.78 is 10.2. The summed E-state index contributed by atoms with van der Waals surface area (Å²) in [5.74, 6) is 1.89. The summed E-state index contributed by atoms with van der Waals surface area (Å²) in [6.07, 6.45) is 5.95. The average molecular weight is 394 g/mol. The van der Waals surface area contributed by atoms with E-state index in [2.05, 4.69) is 41.6 Å². The Morgan fingerprint density at radius 1 is 1.34 bits per heavy atom. The van der Waals surface area contributed by atoms with Crippen molar-refractivity contribution in [2.45, 2.75) is 32.4 Å². The van der Waals surface area contributed by atoms with Crippen LogP contribution in [0.4, 0.5) is 11.6 Å². The lowest BCUT2D eigenvalue weighted by molar-refractivity contribution is -0.125. The van der Waals surface area contributed by atoms with Gasteiger partial charge < -0.3 is 19.5 Å². The number of amides is 1. The van der Waals surface area contributed by atoms with Crippen LogP contribution in [0.2, 0.25) is 0 Å². The summed E-state index contributed by atoms with van der Waals surface area (Å²) in [5.41, 5.74) is 1.04. The maximum atomic E-state index is 11.9. The summed E-state index contributed by atoms with van der Waals surface area (Å²) in [7, 11) is 1.87. The van der Waals surface area contributed by atoms with Gasteiger partial charge in [0.2, 0.25) is 11.8 Å². The SMILES string of the molecule is C=CC(=O)N1CC[C@H](Oc2nc(Nc3ccn(C)n3)cc3c2ccn3C(C)C)C1. The van der Waals surface area contributed by atoms with Crippen LogP contribution in [-0.2, 0) is 11.8 Å². The fourth-order valence-electron chi connectivity index (χ4n) is 3.65. The summed E-state index contributed by atoms with van der Waals surface area (Å²) in [5, 5.41) is 8.58. The summed E-state index contributed by atoms with van der Waals surface area (Å²) >= 11 is 0. The van der Waals surface area contributed by atoms with Gasteiger partial charge in [-0.2, -0.15) is 10.1 Å². The number of hydrogen-bond acceptors (Lipinski definition) is 5. The third-order valence-electron chi connectivity index (χ3n) is 5.12. The minimum atomic E-state index is -0.0953. The largest absolute Gasteiger partial charge is 0.472 e. The molecule has 0 bridgehead atoms. The van der Waals surface area contributed by atoms with Gasteiger partial charge in [0.15, 0.2) is 5.82 Å². The zero-order valence-electron chi connectivity index (χ0n) is 17.0. The molecule has 0 saturated carbocycles. The number of carbonyl (C=O) groups is 1. The zero-order valence-corrected chi connectivity index (χ0v) is 17.0. The van der Waals surface area contributed by atoms with E-state index in [1.54, 1.807) is 9.58 Å². The van der Waals surface area contributed by atoms with E-state index in [-0.39, 0.29) is 12.0 Å². The van der Waals surface area contributed by atoms with E-state index in [1.165, 1.54) is 6.08 Å². The molecule has 0 unspecified atom stereocenters. The van der Waals surface area contributed by atoms with E-state index < -0.39 is 0 Å². The highest BCUT2D eigenvalue weighted by Gasteiger charge is 2.27. The molecule has 3 aromatic rings. The minimum absolute atomic E-state index is 0.0641. The number of nitrogens with one attached hydrogen (secondary N) is 1. The molecule has 1 amide bonds. The molecule has 0 aliphatic carbocycles. The van der Waals surface area contributed by atoms with E-state index in [0.717, 1.165) is 23.1 Å². The van der Waals surface area contributed by atoms with Gasteiger partial charge in [-0.3, -0.25) is 9.48 Å². The van der Waals surface area contributed by atoms with Gasteiger partial charge in [0.05, 0.1) is 17.4 Å². The van der Waals surface area contributed by atoms with Crippen LogP contribution in [0.15, 0.2) is 43.2 Å². The van der Waals surface area contributed by atoms with Gasteiger partial charge in [0, 0.05) is 50.6 Å². The summed E-state index contributed by atoms with van der Waals surface area (Å²) in [4.78, 5) is 18.3. The van der Waals surface area contributed by atoms with E-state index >= 15 is 0 Å². The third kappa shape index (κ3) is 3.83. The quantitative estimate of drug-likeness (QED) is 0.650. The number of anilines is 2. The molecule has 0 radical (unpaired) electrons. The van der Waals surface area contributed by atoms with Crippen LogP contribution in [0, 0.1) is 0 Å². The maximum absolute atomic E-state index is 11.9. The molecule has 3 aromatic heterocycles. The lowest BCUT2D eigenvalue weighted by atomic mass is 10.2.